The molecule has 1 fully saturated rings. The van der Waals surface area contributed by atoms with Crippen LogP contribution in [0.25, 0.3) is 0 Å². The van der Waals surface area contributed by atoms with Crippen molar-refractivity contribution in [2.24, 2.45) is 0 Å². The topological polar surface area (TPSA) is 84.0 Å². The summed E-state index contributed by atoms with van der Waals surface area (Å²) in [5, 5.41) is 0. The molecule has 5 amide bonds. The molecule has 1 saturated heterocycles. The Morgan fingerprint density at radius 2 is 1.67 bits per heavy atom. The summed E-state index contributed by atoms with van der Waals surface area (Å²) in [5.41, 5.74) is 0. The van der Waals surface area contributed by atoms with Gasteiger partial charge in [0.15, 0.2) is 0 Å². The molecule has 1 unspecified atom stereocenters. The number of barbiturate groups is 1. The normalized spacial score (nSPS) is 16.5. The summed E-state index contributed by atoms with van der Waals surface area (Å²) in [6, 6.07) is -1.27. The van der Waals surface area contributed by atoms with Crippen molar-refractivity contribution in [2.45, 2.75) is 78.2 Å². The molecule has 0 saturated carbocycles. The van der Waals surface area contributed by atoms with Crippen LogP contribution in [0.1, 0.15) is 72.1 Å². The lowest BCUT2D eigenvalue weighted by Crippen LogP contribution is -2.59. The number of ether oxygens (including phenoxy) is 1. The molecule has 0 aromatic rings. The minimum absolute atomic E-state index is 0.166. The monoisotopic (exact) mass is 340 g/mol. The highest BCUT2D eigenvalue weighted by molar-refractivity contribution is 6.20. The predicted molar refractivity (Wildman–Crippen MR) is 88.2 cm³/mol. The first-order valence-corrected chi connectivity index (χ1v) is 8.79. The average molecular weight is 340 g/mol. The highest BCUT2D eigenvalue weighted by Gasteiger charge is 2.44. The molecule has 0 aliphatic carbocycles. The van der Waals surface area contributed by atoms with Gasteiger partial charge in [-0.05, 0) is 19.8 Å². The van der Waals surface area contributed by atoms with Crippen LogP contribution in [0.5, 0.6) is 0 Å². The summed E-state index contributed by atoms with van der Waals surface area (Å²) in [6.45, 7) is 5.83. The zero-order valence-corrected chi connectivity index (χ0v) is 14.9. The Hall–Kier alpha value is -1.92. The van der Waals surface area contributed by atoms with E-state index in [0.717, 1.165) is 24.2 Å². The highest BCUT2D eigenvalue weighted by atomic mass is 16.6. The van der Waals surface area contributed by atoms with E-state index in [4.69, 9.17) is 4.74 Å². The summed E-state index contributed by atoms with van der Waals surface area (Å²) in [7, 11) is 0. The fourth-order valence-electron chi connectivity index (χ4n) is 2.52. The first-order chi connectivity index (χ1) is 11.4. The summed E-state index contributed by atoms with van der Waals surface area (Å²) in [6.07, 6.45) is 5.29. The van der Waals surface area contributed by atoms with Gasteiger partial charge in [-0.15, -0.1) is 0 Å². The van der Waals surface area contributed by atoms with Gasteiger partial charge >= 0.3 is 12.1 Å². The molecule has 7 heteroatoms. The third kappa shape index (κ3) is 5.32. The molecule has 1 atom stereocenters. The molecule has 0 aromatic heterocycles. The Morgan fingerprint density at radius 1 is 1.04 bits per heavy atom. The Morgan fingerprint density at radius 3 is 2.29 bits per heavy atom. The van der Waals surface area contributed by atoms with Gasteiger partial charge in [0, 0.05) is 6.04 Å². The molecule has 0 aromatic carbocycles. The molecule has 1 heterocycles. The second-order valence-corrected chi connectivity index (χ2v) is 6.09. The standard InChI is InChI=1S/C17H28N2O5/c1-4-6-7-8-9-10-11-24-17(23)19-15(21)12-14(20)18(16(19)22)13(3)5-2/h13H,4-12H2,1-3H3. The van der Waals surface area contributed by atoms with Crippen molar-refractivity contribution in [1.29, 1.82) is 0 Å². The van der Waals surface area contributed by atoms with Gasteiger partial charge in [0.25, 0.3) is 0 Å². The minimum atomic E-state index is -0.987. The second-order valence-electron chi connectivity index (χ2n) is 6.09. The van der Waals surface area contributed by atoms with Crippen LogP contribution < -0.4 is 0 Å². The van der Waals surface area contributed by atoms with Crippen molar-refractivity contribution in [3.8, 4) is 0 Å². The van der Waals surface area contributed by atoms with E-state index in [2.05, 4.69) is 6.92 Å². The first kappa shape index (κ1) is 20.1. The molecule has 0 radical (unpaired) electrons. The Balaban J connectivity index is 2.51. The van der Waals surface area contributed by atoms with Crippen LogP contribution in [-0.2, 0) is 14.3 Å². The Bertz CT molecular complexity index is 478. The quantitative estimate of drug-likeness (QED) is 0.474. The van der Waals surface area contributed by atoms with Crippen molar-refractivity contribution >= 4 is 23.9 Å². The third-order valence-corrected chi connectivity index (χ3v) is 4.16. The highest BCUT2D eigenvalue weighted by Crippen LogP contribution is 2.18. The van der Waals surface area contributed by atoms with E-state index >= 15 is 0 Å². The molecular weight excluding hydrogens is 312 g/mol. The van der Waals surface area contributed by atoms with Gasteiger partial charge in [-0.1, -0.05) is 46.0 Å². The van der Waals surface area contributed by atoms with Crippen molar-refractivity contribution < 1.29 is 23.9 Å². The van der Waals surface area contributed by atoms with E-state index in [1.54, 1.807) is 6.92 Å². The van der Waals surface area contributed by atoms with E-state index in [-0.39, 0.29) is 12.6 Å². The molecule has 0 spiro atoms. The summed E-state index contributed by atoms with van der Waals surface area (Å²) in [4.78, 5) is 49.5. The lowest BCUT2D eigenvalue weighted by molar-refractivity contribution is -0.142. The van der Waals surface area contributed by atoms with Gasteiger partial charge in [-0.3, -0.25) is 14.5 Å². The zero-order valence-electron chi connectivity index (χ0n) is 14.9. The number of urea groups is 1. The molecule has 7 nitrogen and oxygen atoms in total. The van der Waals surface area contributed by atoms with Gasteiger partial charge in [0.1, 0.15) is 6.42 Å². The van der Waals surface area contributed by atoms with E-state index < -0.39 is 30.4 Å². The molecule has 24 heavy (non-hydrogen) atoms. The van der Waals surface area contributed by atoms with E-state index in [1.165, 1.54) is 12.8 Å². The summed E-state index contributed by atoms with van der Waals surface area (Å²) in [5.74, 6) is -1.39. The van der Waals surface area contributed by atoms with Gasteiger partial charge in [0.05, 0.1) is 6.61 Å². The Labute approximate surface area is 143 Å². The van der Waals surface area contributed by atoms with Crippen LogP contribution in [0.4, 0.5) is 9.59 Å². The maximum absolute atomic E-state index is 12.3. The number of rotatable bonds is 9. The average Bonchev–Trinajstić information content (AvgIpc) is 2.53. The molecule has 1 aliphatic rings. The van der Waals surface area contributed by atoms with Gasteiger partial charge in [-0.2, -0.15) is 4.90 Å². The van der Waals surface area contributed by atoms with E-state index in [0.29, 0.717) is 17.7 Å². The van der Waals surface area contributed by atoms with Crippen LogP contribution in [-0.4, -0.2) is 46.4 Å². The zero-order chi connectivity index (χ0) is 18.1. The minimum Gasteiger partial charge on any atom is -0.449 e. The number of unbranched alkanes of at least 4 members (excludes halogenated alkanes) is 5. The molecule has 0 N–H and O–H groups in total. The van der Waals surface area contributed by atoms with Crippen LogP contribution in [0.15, 0.2) is 0 Å². The number of carbonyl (C=O) groups is 4. The van der Waals surface area contributed by atoms with Crippen molar-refractivity contribution in [3.63, 3.8) is 0 Å². The fourth-order valence-corrected chi connectivity index (χ4v) is 2.52. The summed E-state index contributed by atoms with van der Waals surface area (Å²) >= 11 is 0. The van der Waals surface area contributed by atoms with Crippen LogP contribution in [0.2, 0.25) is 0 Å². The maximum Gasteiger partial charge on any atom is 0.425 e. The van der Waals surface area contributed by atoms with Crippen LogP contribution in [0.3, 0.4) is 0 Å². The van der Waals surface area contributed by atoms with Crippen molar-refractivity contribution in [3.05, 3.63) is 0 Å². The van der Waals surface area contributed by atoms with Crippen LogP contribution >= 0.6 is 0 Å². The molecule has 0 bridgehead atoms. The molecular formula is C17H28N2O5. The van der Waals surface area contributed by atoms with Crippen molar-refractivity contribution in [1.82, 2.24) is 9.80 Å². The van der Waals surface area contributed by atoms with Crippen LogP contribution in [0, 0.1) is 0 Å². The lowest BCUT2D eigenvalue weighted by atomic mass is 10.1. The van der Waals surface area contributed by atoms with E-state index in [1.807, 2.05) is 6.92 Å². The maximum atomic E-state index is 12.3. The Kier molecular flexibility index (Phi) is 8.43. The van der Waals surface area contributed by atoms with E-state index in [9.17, 15) is 19.2 Å². The number of hydrogen-bond acceptors (Lipinski definition) is 5. The molecule has 1 aliphatic heterocycles. The predicted octanol–water partition coefficient (Wildman–Crippen LogP) is 3.46. The lowest BCUT2D eigenvalue weighted by Gasteiger charge is -2.34. The number of nitrogens with zero attached hydrogens (tertiary/aromatic N) is 2. The van der Waals surface area contributed by atoms with Gasteiger partial charge < -0.3 is 4.74 Å². The third-order valence-electron chi connectivity index (χ3n) is 4.16. The molecule has 136 valence electrons. The SMILES string of the molecule is CCCCCCCCOC(=O)N1C(=O)CC(=O)N(C(C)CC)C1=O. The number of hydrogen-bond donors (Lipinski definition) is 0. The number of imide groups is 4. The summed E-state index contributed by atoms with van der Waals surface area (Å²) < 4.78 is 5.03. The van der Waals surface area contributed by atoms with Gasteiger partial charge in [0.2, 0.25) is 11.8 Å². The van der Waals surface area contributed by atoms with Gasteiger partial charge in [-0.25, -0.2) is 9.59 Å². The second kappa shape index (κ2) is 10.1. The van der Waals surface area contributed by atoms with Crippen molar-refractivity contribution in [2.75, 3.05) is 6.61 Å². The fraction of sp³-hybridized carbons (Fsp3) is 0.765. The number of amides is 5. The molecule has 1 rings (SSSR count). The smallest absolute Gasteiger partial charge is 0.425 e. The first-order valence-electron chi connectivity index (χ1n) is 8.79. The number of carbonyl (C=O) groups excluding carboxylic acids is 4. The largest absolute Gasteiger partial charge is 0.449 e.